The lowest BCUT2D eigenvalue weighted by Gasteiger charge is -2.39. The normalized spacial score (nSPS) is 24.2. The first-order chi connectivity index (χ1) is 16.9. The Morgan fingerprint density at radius 2 is 1.57 bits per heavy atom. The number of rotatable bonds is 7. The number of ether oxygens (including phenoxy) is 1. The van der Waals surface area contributed by atoms with E-state index in [9.17, 15) is 13.2 Å². The van der Waals surface area contributed by atoms with Crippen LogP contribution in [-0.4, -0.2) is 48.9 Å². The third-order valence-corrected chi connectivity index (χ3v) is 9.97. The van der Waals surface area contributed by atoms with E-state index in [-0.39, 0.29) is 17.6 Å². The van der Waals surface area contributed by atoms with Gasteiger partial charge in [0.15, 0.2) is 0 Å². The van der Waals surface area contributed by atoms with Crippen LogP contribution in [0.5, 0.6) is 11.5 Å². The zero-order valence-electron chi connectivity index (χ0n) is 20.4. The molecule has 3 fully saturated rings. The summed E-state index contributed by atoms with van der Waals surface area (Å²) < 4.78 is 34.0. The maximum atomic E-state index is 13.5. The summed E-state index contributed by atoms with van der Waals surface area (Å²) in [5.41, 5.74) is 0.488. The number of amides is 1. The molecule has 2 heterocycles. The van der Waals surface area contributed by atoms with Crippen molar-refractivity contribution in [3.05, 3.63) is 60.2 Å². The molecule has 1 atom stereocenters. The van der Waals surface area contributed by atoms with Crippen LogP contribution in [0.3, 0.4) is 0 Å². The summed E-state index contributed by atoms with van der Waals surface area (Å²) in [4.78, 5) is 15.4. The molecule has 35 heavy (non-hydrogen) atoms. The minimum atomic E-state index is -3.33. The molecule has 0 aromatic heterocycles. The highest BCUT2D eigenvalue weighted by Gasteiger charge is 2.50. The first-order valence-corrected chi connectivity index (χ1v) is 14.6. The molecule has 0 radical (unpaired) electrons. The van der Waals surface area contributed by atoms with E-state index in [0.29, 0.717) is 26.2 Å². The summed E-state index contributed by atoms with van der Waals surface area (Å²) in [7, 11) is -3.33. The van der Waals surface area contributed by atoms with Gasteiger partial charge in [-0.15, -0.1) is 0 Å². The van der Waals surface area contributed by atoms with Crippen molar-refractivity contribution in [3.8, 4) is 11.5 Å². The van der Waals surface area contributed by atoms with E-state index >= 15 is 0 Å². The summed E-state index contributed by atoms with van der Waals surface area (Å²) in [5, 5.41) is 0. The van der Waals surface area contributed by atoms with E-state index in [1.54, 1.807) is 4.31 Å². The molecule has 1 aliphatic carbocycles. The van der Waals surface area contributed by atoms with Crippen molar-refractivity contribution >= 4 is 15.9 Å². The maximum Gasteiger partial charge on any atom is 0.230 e. The van der Waals surface area contributed by atoms with Gasteiger partial charge in [0.2, 0.25) is 15.9 Å². The van der Waals surface area contributed by atoms with Gasteiger partial charge in [0.05, 0.1) is 11.2 Å². The van der Waals surface area contributed by atoms with Crippen LogP contribution in [0.1, 0.15) is 56.9 Å². The zero-order chi connectivity index (χ0) is 24.3. The van der Waals surface area contributed by atoms with E-state index < -0.39 is 15.4 Å². The minimum Gasteiger partial charge on any atom is -0.457 e. The van der Waals surface area contributed by atoms with Gasteiger partial charge in [-0.3, -0.25) is 4.79 Å². The predicted octanol–water partition coefficient (Wildman–Crippen LogP) is 5.20. The van der Waals surface area contributed by atoms with Crippen LogP contribution in [-0.2, 0) is 21.4 Å². The summed E-state index contributed by atoms with van der Waals surface area (Å²) in [5.74, 6) is 2.18. The molecule has 188 valence electrons. The molecule has 1 amide bonds. The number of para-hydroxylation sites is 1. The molecule has 3 aliphatic rings. The van der Waals surface area contributed by atoms with Gasteiger partial charge in [-0.1, -0.05) is 49.6 Å². The molecular formula is C28H36N2O4S. The molecule has 6 nitrogen and oxygen atoms in total. The van der Waals surface area contributed by atoms with Crippen molar-refractivity contribution in [2.75, 3.05) is 25.4 Å². The number of likely N-dealkylation sites (tertiary alicyclic amines) is 1. The molecule has 1 spiro atoms. The van der Waals surface area contributed by atoms with Gasteiger partial charge in [-0.05, 0) is 67.9 Å². The Kier molecular flexibility index (Phi) is 7.17. The van der Waals surface area contributed by atoms with Gasteiger partial charge >= 0.3 is 0 Å². The fourth-order valence-corrected chi connectivity index (χ4v) is 8.01. The van der Waals surface area contributed by atoms with Gasteiger partial charge in [0.1, 0.15) is 11.5 Å². The van der Waals surface area contributed by atoms with Crippen molar-refractivity contribution in [1.29, 1.82) is 0 Å². The van der Waals surface area contributed by atoms with Crippen LogP contribution in [0.4, 0.5) is 0 Å². The summed E-state index contributed by atoms with van der Waals surface area (Å²) in [6.07, 6.45) is 7.79. The fourth-order valence-electron chi connectivity index (χ4n) is 6.01. The fraction of sp³-hybridized carbons (Fsp3) is 0.536. The molecule has 0 N–H and O–H groups in total. The lowest BCUT2D eigenvalue weighted by Crippen LogP contribution is -2.50. The van der Waals surface area contributed by atoms with Crippen molar-refractivity contribution in [3.63, 3.8) is 0 Å². The van der Waals surface area contributed by atoms with E-state index in [1.165, 1.54) is 6.42 Å². The second-order valence-corrected chi connectivity index (χ2v) is 12.5. The smallest absolute Gasteiger partial charge is 0.230 e. The number of nitrogens with zero attached hydrogens (tertiary/aromatic N) is 2. The second-order valence-electron chi connectivity index (χ2n) is 10.5. The summed E-state index contributed by atoms with van der Waals surface area (Å²) >= 11 is 0. The average molecular weight is 497 g/mol. The Balaban J connectivity index is 1.20. The van der Waals surface area contributed by atoms with E-state index in [1.807, 2.05) is 59.5 Å². The van der Waals surface area contributed by atoms with Crippen molar-refractivity contribution in [1.82, 2.24) is 9.21 Å². The SMILES string of the molecule is O=C1N(Cc2ccc(Oc3ccccc3)cc2)CCC12CCCN(S(=O)(=O)CC1CCCCC1)C2. The zero-order valence-corrected chi connectivity index (χ0v) is 21.2. The average Bonchev–Trinajstić information content (AvgIpc) is 3.15. The molecule has 0 bridgehead atoms. The molecule has 2 saturated heterocycles. The Bertz CT molecular complexity index is 1110. The third-order valence-electron chi connectivity index (χ3n) is 7.98. The number of carbonyl (C=O) groups excluding carboxylic acids is 1. The maximum absolute atomic E-state index is 13.5. The highest BCUT2D eigenvalue weighted by molar-refractivity contribution is 7.89. The topological polar surface area (TPSA) is 66.9 Å². The number of hydrogen-bond donors (Lipinski definition) is 0. The van der Waals surface area contributed by atoms with Crippen LogP contribution in [0.15, 0.2) is 54.6 Å². The summed E-state index contributed by atoms with van der Waals surface area (Å²) in [6.45, 7) is 2.12. The monoisotopic (exact) mass is 496 g/mol. The predicted molar refractivity (Wildman–Crippen MR) is 137 cm³/mol. The van der Waals surface area contributed by atoms with Crippen LogP contribution in [0.25, 0.3) is 0 Å². The molecule has 5 rings (SSSR count). The lowest BCUT2D eigenvalue weighted by atomic mass is 9.79. The van der Waals surface area contributed by atoms with Crippen molar-refractivity contribution < 1.29 is 17.9 Å². The van der Waals surface area contributed by atoms with Crippen LogP contribution < -0.4 is 4.74 Å². The van der Waals surface area contributed by atoms with Gasteiger partial charge in [0.25, 0.3) is 0 Å². The van der Waals surface area contributed by atoms with Gasteiger partial charge in [-0.2, -0.15) is 0 Å². The van der Waals surface area contributed by atoms with Crippen LogP contribution in [0, 0.1) is 11.3 Å². The Morgan fingerprint density at radius 1 is 0.857 bits per heavy atom. The Morgan fingerprint density at radius 3 is 2.31 bits per heavy atom. The Hall–Kier alpha value is -2.38. The highest BCUT2D eigenvalue weighted by Crippen LogP contribution is 2.42. The quantitative estimate of drug-likeness (QED) is 0.528. The largest absolute Gasteiger partial charge is 0.457 e. The molecular weight excluding hydrogens is 460 g/mol. The first-order valence-electron chi connectivity index (χ1n) is 13.0. The van der Waals surface area contributed by atoms with Gasteiger partial charge in [-0.25, -0.2) is 12.7 Å². The molecule has 7 heteroatoms. The lowest BCUT2D eigenvalue weighted by molar-refractivity contribution is -0.138. The minimum absolute atomic E-state index is 0.111. The molecule has 1 saturated carbocycles. The Labute approximate surface area is 209 Å². The van der Waals surface area contributed by atoms with E-state index in [2.05, 4.69) is 0 Å². The number of benzene rings is 2. The summed E-state index contributed by atoms with van der Waals surface area (Å²) in [6, 6.07) is 17.5. The second kappa shape index (κ2) is 10.3. The number of hydrogen-bond acceptors (Lipinski definition) is 4. The van der Waals surface area contributed by atoms with E-state index in [0.717, 1.165) is 62.0 Å². The molecule has 1 unspecified atom stereocenters. The number of piperidine rings is 1. The number of carbonyl (C=O) groups is 1. The third kappa shape index (κ3) is 5.56. The molecule has 2 aromatic rings. The standard InChI is InChI=1S/C28H36N2O4S/c31-27-28(16-7-18-30(22-28)35(32,33)21-24-8-3-1-4-9-24)17-19-29(27)20-23-12-14-26(15-13-23)34-25-10-5-2-6-11-25/h2,5-6,10-15,24H,1,3-4,7-9,16-22H2. The van der Waals surface area contributed by atoms with Gasteiger partial charge in [0, 0.05) is 26.2 Å². The van der Waals surface area contributed by atoms with E-state index in [4.69, 9.17) is 4.74 Å². The molecule has 2 aromatic carbocycles. The van der Waals surface area contributed by atoms with Crippen LogP contribution >= 0.6 is 0 Å². The van der Waals surface area contributed by atoms with Gasteiger partial charge < -0.3 is 9.64 Å². The number of sulfonamides is 1. The first kappa shape index (κ1) is 24.3. The van der Waals surface area contributed by atoms with Crippen LogP contribution in [0.2, 0.25) is 0 Å². The molecule has 2 aliphatic heterocycles. The van der Waals surface area contributed by atoms with Crippen molar-refractivity contribution in [2.24, 2.45) is 11.3 Å². The highest BCUT2D eigenvalue weighted by atomic mass is 32.2. The van der Waals surface area contributed by atoms with Crippen molar-refractivity contribution in [2.45, 2.75) is 57.9 Å².